The molecule has 0 spiro atoms. The molecule has 0 aliphatic rings. The van der Waals surface area contributed by atoms with Gasteiger partial charge in [0.25, 0.3) is 0 Å². The van der Waals surface area contributed by atoms with Gasteiger partial charge in [0.15, 0.2) is 5.54 Å². The van der Waals surface area contributed by atoms with E-state index in [4.69, 9.17) is 4.74 Å². The Morgan fingerprint density at radius 3 is 2.70 bits per heavy atom. The second-order valence-electron chi connectivity index (χ2n) is 5.46. The van der Waals surface area contributed by atoms with Crippen molar-refractivity contribution in [1.29, 1.82) is 0 Å². The predicted molar refractivity (Wildman–Crippen MR) is 84.7 cm³/mol. The molecule has 0 bridgehead atoms. The lowest BCUT2D eigenvalue weighted by Crippen LogP contribution is -2.55. The largest absolute Gasteiger partial charge is 0.480 e. The minimum absolute atomic E-state index is 0.0201. The van der Waals surface area contributed by atoms with Gasteiger partial charge < -0.3 is 9.84 Å². The van der Waals surface area contributed by atoms with Crippen molar-refractivity contribution in [2.24, 2.45) is 0 Å². The number of ether oxygens (including phenoxy) is 1. The zero-order valence-electron chi connectivity index (χ0n) is 13.0. The molecule has 0 fully saturated rings. The quantitative estimate of drug-likeness (QED) is 0.823. The molecule has 0 aliphatic heterocycles. The minimum atomic E-state index is -4.09. The molecule has 0 aliphatic carbocycles. The van der Waals surface area contributed by atoms with Crippen molar-refractivity contribution < 1.29 is 23.1 Å². The molecule has 1 aromatic carbocycles. The van der Waals surface area contributed by atoms with Crippen LogP contribution in [0.3, 0.4) is 0 Å². The predicted octanol–water partition coefficient (Wildman–Crippen LogP) is 1.31. The number of nitrogens with one attached hydrogen (secondary N) is 1. The summed E-state index contributed by atoms with van der Waals surface area (Å²) < 4.78 is 32.7. The van der Waals surface area contributed by atoms with Crippen molar-refractivity contribution in [3.05, 3.63) is 36.0 Å². The Labute approximate surface area is 134 Å². The van der Waals surface area contributed by atoms with E-state index in [0.717, 1.165) is 0 Å². The first kappa shape index (κ1) is 17.3. The third-order valence-corrected chi connectivity index (χ3v) is 5.26. The molecule has 2 rings (SSSR count). The summed E-state index contributed by atoms with van der Waals surface area (Å²) in [6, 6.07) is 6.62. The standard InChI is InChI=1S/C15H18N2O5S/c1-10-6-7-12-11(5-4-8-16-12)13(10)23(20,21)17-15(2,9-22-3)14(18)19/h4-8,17H,9H2,1-3H3,(H,18,19). The molecule has 8 heteroatoms. The summed E-state index contributed by atoms with van der Waals surface area (Å²) in [5, 5.41) is 9.77. The summed E-state index contributed by atoms with van der Waals surface area (Å²) in [4.78, 5) is 15.6. The van der Waals surface area contributed by atoms with Gasteiger partial charge in [-0.05, 0) is 37.6 Å². The molecule has 2 N–H and O–H groups in total. The Bertz CT molecular complexity index is 850. The fraction of sp³-hybridized carbons (Fsp3) is 0.333. The third kappa shape index (κ3) is 3.34. The number of fused-ring (bicyclic) bond motifs is 1. The van der Waals surface area contributed by atoms with E-state index in [-0.39, 0.29) is 11.5 Å². The highest BCUT2D eigenvalue weighted by Crippen LogP contribution is 2.26. The molecule has 23 heavy (non-hydrogen) atoms. The second-order valence-corrected chi connectivity index (χ2v) is 7.08. The number of sulfonamides is 1. The number of aliphatic carboxylic acids is 1. The van der Waals surface area contributed by atoms with Crippen LogP contribution in [0.25, 0.3) is 10.9 Å². The zero-order chi connectivity index (χ0) is 17.3. The van der Waals surface area contributed by atoms with Crippen LogP contribution in [0.4, 0.5) is 0 Å². The molecule has 0 saturated heterocycles. The van der Waals surface area contributed by atoms with E-state index < -0.39 is 21.5 Å². The normalized spacial score (nSPS) is 14.6. The molecular formula is C15H18N2O5S. The molecule has 0 saturated carbocycles. The smallest absolute Gasteiger partial charge is 0.327 e. The van der Waals surface area contributed by atoms with E-state index >= 15 is 0 Å². The minimum Gasteiger partial charge on any atom is -0.480 e. The van der Waals surface area contributed by atoms with E-state index in [2.05, 4.69) is 9.71 Å². The van der Waals surface area contributed by atoms with Crippen LogP contribution < -0.4 is 4.72 Å². The monoisotopic (exact) mass is 338 g/mol. The van der Waals surface area contributed by atoms with Gasteiger partial charge in [-0.15, -0.1) is 0 Å². The van der Waals surface area contributed by atoms with E-state index in [1.54, 1.807) is 37.4 Å². The van der Waals surface area contributed by atoms with Gasteiger partial charge in [0.1, 0.15) is 0 Å². The number of rotatable bonds is 6. The van der Waals surface area contributed by atoms with Gasteiger partial charge in [-0.1, -0.05) is 6.07 Å². The summed E-state index contributed by atoms with van der Waals surface area (Å²) in [6.07, 6.45) is 1.56. The summed E-state index contributed by atoms with van der Waals surface area (Å²) >= 11 is 0. The van der Waals surface area contributed by atoms with Crippen LogP contribution in [0, 0.1) is 6.92 Å². The first-order chi connectivity index (χ1) is 10.7. The fourth-order valence-corrected chi connectivity index (χ4v) is 4.16. The molecule has 124 valence electrons. The molecule has 1 unspecified atom stereocenters. The number of carboxylic acid groups (broad SMARTS) is 1. The van der Waals surface area contributed by atoms with Crippen LogP contribution in [0.1, 0.15) is 12.5 Å². The highest BCUT2D eigenvalue weighted by atomic mass is 32.2. The van der Waals surface area contributed by atoms with Crippen molar-refractivity contribution in [2.75, 3.05) is 13.7 Å². The summed E-state index contributed by atoms with van der Waals surface area (Å²) in [5.74, 6) is -1.32. The number of pyridine rings is 1. The van der Waals surface area contributed by atoms with Gasteiger partial charge in [-0.2, -0.15) is 4.72 Å². The molecule has 1 heterocycles. The maximum absolute atomic E-state index is 12.8. The summed E-state index contributed by atoms with van der Waals surface area (Å²) in [6.45, 7) is 2.61. The van der Waals surface area contributed by atoms with E-state index in [1.165, 1.54) is 14.0 Å². The number of aryl methyl sites for hydroxylation is 1. The number of benzene rings is 1. The van der Waals surface area contributed by atoms with Crippen LogP contribution in [0.15, 0.2) is 35.4 Å². The van der Waals surface area contributed by atoms with E-state index in [0.29, 0.717) is 16.5 Å². The number of carboxylic acids is 1. The van der Waals surface area contributed by atoms with Crippen LogP contribution in [-0.2, 0) is 19.6 Å². The zero-order valence-corrected chi connectivity index (χ0v) is 13.8. The van der Waals surface area contributed by atoms with Gasteiger partial charge in [-0.3, -0.25) is 9.78 Å². The summed E-state index contributed by atoms with van der Waals surface area (Å²) in [7, 11) is -2.79. The average Bonchev–Trinajstić information content (AvgIpc) is 2.46. The van der Waals surface area contributed by atoms with Crippen LogP contribution >= 0.6 is 0 Å². The van der Waals surface area contributed by atoms with Crippen molar-refractivity contribution in [2.45, 2.75) is 24.3 Å². The molecule has 7 nitrogen and oxygen atoms in total. The fourth-order valence-electron chi connectivity index (χ4n) is 2.36. The Hall–Kier alpha value is -2.03. The lowest BCUT2D eigenvalue weighted by molar-refractivity contribution is -0.145. The molecule has 1 aromatic heterocycles. The topological polar surface area (TPSA) is 106 Å². The second kappa shape index (κ2) is 6.23. The van der Waals surface area contributed by atoms with Crippen molar-refractivity contribution in [3.8, 4) is 0 Å². The maximum Gasteiger partial charge on any atom is 0.327 e. The molecule has 1 atom stereocenters. The number of hydrogen-bond acceptors (Lipinski definition) is 5. The Morgan fingerprint density at radius 2 is 2.09 bits per heavy atom. The van der Waals surface area contributed by atoms with Gasteiger partial charge in [0.05, 0.1) is 17.0 Å². The van der Waals surface area contributed by atoms with Crippen molar-refractivity contribution in [1.82, 2.24) is 9.71 Å². The SMILES string of the molecule is COCC(C)(NS(=O)(=O)c1c(C)ccc2ncccc12)C(=O)O. The van der Waals surface area contributed by atoms with E-state index in [9.17, 15) is 18.3 Å². The summed E-state index contributed by atoms with van der Waals surface area (Å²) in [5.41, 5.74) is -0.755. The van der Waals surface area contributed by atoms with Crippen LogP contribution in [0.2, 0.25) is 0 Å². The van der Waals surface area contributed by atoms with Gasteiger partial charge in [0, 0.05) is 18.7 Å². The van der Waals surface area contributed by atoms with Gasteiger partial charge >= 0.3 is 5.97 Å². The Balaban J connectivity index is 2.61. The average molecular weight is 338 g/mol. The number of carbonyl (C=O) groups is 1. The lowest BCUT2D eigenvalue weighted by atomic mass is 10.1. The van der Waals surface area contributed by atoms with Crippen molar-refractivity contribution in [3.63, 3.8) is 0 Å². The lowest BCUT2D eigenvalue weighted by Gasteiger charge is -2.25. The first-order valence-corrected chi connectivity index (χ1v) is 8.30. The number of methoxy groups -OCH3 is 1. The highest BCUT2D eigenvalue weighted by Gasteiger charge is 2.39. The van der Waals surface area contributed by atoms with Crippen LogP contribution in [-0.4, -0.2) is 43.7 Å². The number of nitrogens with zero attached hydrogens (tertiary/aromatic N) is 1. The first-order valence-electron chi connectivity index (χ1n) is 6.82. The molecule has 0 amide bonds. The van der Waals surface area contributed by atoms with Gasteiger partial charge in [-0.25, -0.2) is 8.42 Å². The third-order valence-electron chi connectivity index (χ3n) is 3.47. The van der Waals surface area contributed by atoms with Crippen molar-refractivity contribution >= 4 is 26.9 Å². The van der Waals surface area contributed by atoms with E-state index in [1.807, 2.05) is 0 Å². The molecular weight excluding hydrogens is 320 g/mol. The van der Waals surface area contributed by atoms with Gasteiger partial charge in [0.2, 0.25) is 10.0 Å². The maximum atomic E-state index is 12.8. The highest BCUT2D eigenvalue weighted by molar-refractivity contribution is 7.89. The molecule has 2 aromatic rings. The number of aromatic nitrogens is 1. The Morgan fingerprint density at radius 1 is 1.39 bits per heavy atom. The van der Waals surface area contributed by atoms with Crippen LogP contribution in [0.5, 0.6) is 0 Å². The number of hydrogen-bond donors (Lipinski definition) is 2. The Kier molecular flexibility index (Phi) is 4.69. The molecule has 0 radical (unpaired) electrons.